The molecule has 0 spiro atoms. The molecule has 0 aromatic heterocycles. The Morgan fingerprint density at radius 3 is 1.93 bits per heavy atom. The van der Waals surface area contributed by atoms with Crippen molar-refractivity contribution in [3.8, 4) is 0 Å². The van der Waals surface area contributed by atoms with E-state index in [1.54, 1.807) is 0 Å². The molecule has 0 aliphatic rings. The number of amides is 3. The maximum absolute atomic E-state index is 10.9. The minimum atomic E-state index is -1.08. The molecule has 0 atom stereocenters. The van der Waals surface area contributed by atoms with Gasteiger partial charge in [-0.3, -0.25) is 14.4 Å². The van der Waals surface area contributed by atoms with Crippen LogP contribution in [0.4, 0.5) is 5.69 Å². The van der Waals surface area contributed by atoms with E-state index in [1.807, 2.05) is 0 Å². The van der Waals surface area contributed by atoms with Crippen LogP contribution < -0.4 is 16.8 Å². The molecular formula is C9H9N3O3. The molecule has 6 heteroatoms. The van der Waals surface area contributed by atoms with E-state index in [1.165, 1.54) is 24.3 Å². The average molecular weight is 207 g/mol. The minimum absolute atomic E-state index is 0.312. The molecule has 1 aromatic rings. The molecule has 0 fully saturated rings. The number of benzene rings is 1. The van der Waals surface area contributed by atoms with Crippen LogP contribution in [-0.2, 0) is 9.59 Å². The number of primary amides is 2. The highest BCUT2D eigenvalue weighted by molar-refractivity contribution is 6.39. The standard InChI is InChI=1S/C9H9N3O3/c10-7(13)5-1-3-6(4-2-5)12-9(15)8(11)14/h1-4H,(H2,10,13)(H2,11,14)(H,12,15). The number of nitrogens with one attached hydrogen (secondary N) is 1. The van der Waals surface area contributed by atoms with E-state index < -0.39 is 17.7 Å². The van der Waals surface area contributed by atoms with Gasteiger partial charge < -0.3 is 16.8 Å². The van der Waals surface area contributed by atoms with Gasteiger partial charge in [0.2, 0.25) is 5.91 Å². The van der Waals surface area contributed by atoms with Gasteiger partial charge in [0, 0.05) is 11.3 Å². The van der Waals surface area contributed by atoms with Crippen LogP contribution in [0.15, 0.2) is 24.3 Å². The van der Waals surface area contributed by atoms with E-state index in [9.17, 15) is 14.4 Å². The molecule has 78 valence electrons. The van der Waals surface area contributed by atoms with Gasteiger partial charge in [0.1, 0.15) is 0 Å². The number of carbonyl (C=O) groups excluding carboxylic acids is 3. The molecule has 5 N–H and O–H groups in total. The molecule has 1 rings (SSSR count). The van der Waals surface area contributed by atoms with Crippen molar-refractivity contribution in [3.63, 3.8) is 0 Å². The van der Waals surface area contributed by atoms with Gasteiger partial charge in [0.15, 0.2) is 0 Å². The molecule has 0 aliphatic heterocycles. The van der Waals surface area contributed by atoms with E-state index in [0.717, 1.165) is 0 Å². The molecule has 15 heavy (non-hydrogen) atoms. The summed E-state index contributed by atoms with van der Waals surface area (Å²) in [7, 11) is 0. The summed E-state index contributed by atoms with van der Waals surface area (Å²) in [5, 5.41) is 2.24. The van der Waals surface area contributed by atoms with E-state index in [0.29, 0.717) is 11.3 Å². The van der Waals surface area contributed by atoms with Crippen LogP contribution >= 0.6 is 0 Å². The van der Waals surface area contributed by atoms with Gasteiger partial charge >= 0.3 is 11.8 Å². The van der Waals surface area contributed by atoms with Crippen LogP contribution in [0.3, 0.4) is 0 Å². The van der Waals surface area contributed by atoms with Crippen LogP contribution in [0.5, 0.6) is 0 Å². The first-order chi connectivity index (χ1) is 7.00. The van der Waals surface area contributed by atoms with Crippen LogP contribution in [0.2, 0.25) is 0 Å². The molecular weight excluding hydrogens is 198 g/mol. The molecule has 1 aromatic carbocycles. The summed E-state index contributed by atoms with van der Waals surface area (Å²) < 4.78 is 0. The number of hydrogen-bond donors (Lipinski definition) is 3. The van der Waals surface area contributed by atoms with Crippen molar-refractivity contribution in [3.05, 3.63) is 29.8 Å². The van der Waals surface area contributed by atoms with Crippen LogP contribution in [0.25, 0.3) is 0 Å². The van der Waals surface area contributed by atoms with Gasteiger partial charge in [-0.25, -0.2) is 0 Å². The zero-order chi connectivity index (χ0) is 11.4. The number of nitrogens with two attached hydrogens (primary N) is 2. The second kappa shape index (κ2) is 4.23. The Kier molecular flexibility index (Phi) is 3.02. The average Bonchev–Trinajstić information content (AvgIpc) is 2.18. The molecule has 3 amide bonds. The Morgan fingerprint density at radius 1 is 1.00 bits per heavy atom. The fraction of sp³-hybridized carbons (Fsp3) is 0. The largest absolute Gasteiger partial charge is 0.366 e. The van der Waals surface area contributed by atoms with Crippen molar-refractivity contribution in [2.24, 2.45) is 11.5 Å². The topological polar surface area (TPSA) is 115 Å². The minimum Gasteiger partial charge on any atom is -0.366 e. The molecule has 0 radical (unpaired) electrons. The third-order valence-corrected chi connectivity index (χ3v) is 1.65. The normalized spacial score (nSPS) is 9.33. The lowest BCUT2D eigenvalue weighted by Gasteiger charge is -2.02. The summed E-state index contributed by atoms with van der Waals surface area (Å²) in [6.07, 6.45) is 0. The summed E-state index contributed by atoms with van der Waals surface area (Å²) in [5.41, 5.74) is 10.4. The zero-order valence-corrected chi connectivity index (χ0v) is 7.69. The Morgan fingerprint density at radius 2 is 1.53 bits per heavy atom. The first-order valence-electron chi connectivity index (χ1n) is 4.01. The van der Waals surface area contributed by atoms with Crippen molar-refractivity contribution >= 4 is 23.4 Å². The summed E-state index contributed by atoms with van der Waals surface area (Å²) in [6.45, 7) is 0. The van der Waals surface area contributed by atoms with Gasteiger partial charge in [-0.05, 0) is 24.3 Å². The Bertz CT molecular complexity index is 411. The van der Waals surface area contributed by atoms with E-state index in [4.69, 9.17) is 11.5 Å². The van der Waals surface area contributed by atoms with Gasteiger partial charge in [-0.15, -0.1) is 0 Å². The Hall–Kier alpha value is -2.37. The molecule has 0 bridgehead atoms. The quantitative estimate of drug-likeness (QED) is 0.552. The zero-order valence-electron chi connectivity index (χ0n) is 7.69. The predicted octanol–water partition coefficient (Wildman–Crippen LogP) is -0.791. The van der Waals surface area contributed by atoms with E-state index >= 15 is 0 Å². The fourth-order valence-electron chi connectivity index (χ4n) is 0.911. The van der Waals surface area contributed by atoms with Gasteiger partial charge in [-0.2, -0.15) is 0 Å². The lowest BCUT2D eigenvalue weighted by Crippen LogP contribution is -2.29. The van der Waals surface area contributed by atoms with Crippen molar-refractivity contribution in [2.75, 3.05) is 5.32 Å². The van der Waals surface area contributed by atoms with Crippen LogP contribution in [-0.4, -0.2) is 17.7 Å². The van der Waals surface area contributed by atoms with Crippen molar-refractivity contribution in [2.45, 2.75) is 0 Å². The summed E-state index contributed by atoms with van der Waals surface area (Å²) in [6, 6.07) is 5.75. The second-order valence-corrected chi connectivity index (χ2v) is 2.76. The van der Waals surface area contributed by atoms with E-state index in [-0.39, 0.29) is 0 Å². The molecule has 0 aliphatic carbocycles. The van der Waals surface area contributed by atoms with Crippen molar-refractivity contribution in [1.29, 1.82) is 0 Å². The number of carbonyl (C=O) groups is 3. The van der Waals surface area contributed by atoms with Crippen molar-refractivity contribution < 1.29 is 14.4 Å². The summed E-state index contributed by atoms with van der Waals surface area (Å²) >= 11 is 0. The third-order valence-electron chi connectivity index (χ3n) is 1.65. The Balaban J connectivity index is 2.77. The second-order valence-electron chi connectivity index (χ2n) is 2.76. The molecule has 0 saturated carbocycles. The SMILES string of the molecule is NC(=O)C(=O)Nc1ccc(C(N)=O)cc1. The highest BCUT2D eigenvalue weighted by atomic mass is 16.2. The lowest BCUT2D eigenvalue weighted by molar-refractivity contribution is -0.134. The Labute approximate surface area is 85.2 Å². The van der Waals surface area contributed by atoms with E-state index in [2.05, 4.69) is 5.32 Å². The lowest BCUT2D eigenvalue weighted by atomic mass is 10.2. The monoisotopic (exact) mass is 207 g/mol. The maximum atomic E-state index is 10.9. The molecule has 0 unspecified atom stereocenters. The van der Waals surface area contributed by atoms with Gasteiger partial charge in [-0.1, -0.05) is 0 Å². The van der Waals surface area contributed by atoms with Crippen LogP contribution in [0, 0.1) is 0 Å². The number of hydrogen-bond acceptors (Lipinski definition) is 3. The van der Waals surface area contributed by atoms with Crippen LogP contribution in [0.1, 0.15) is 10.4 Å². The first-order valence-corrected chi connectivity index (χ1v) is 4.01. The molecule has 6 nitrogen and oxygen atoms in total. The highest BCUT2D eigenvalue weighted by Crippen LogP contribution is 2.08. The number of anilines is 1. The summed E-state index contributed by atoms with van der Waals surface area (Å²) in [5.74, 6) is -2.56. The maximum Gasteiger partial charge on any atom is 0.313 e. The smallest absolute Gasteiger partial charge is 0.313 e. The van der Waals surface area contributed by atoms with Gasteiger partial charge in [0.25, 0.3) is 0 Å². The number of rotatable bonds is 2. The predicted molar refractivity (Wildman–Crippen MR) is 52.8 cm³/mol. The first kappa shape index (κ1) is 10.7. The third kappa shape index (κ3) is 2.80. The fourth-order valence-corrected chi connectivity index (χ4v) is 0.911. The van der Waals surface area contributed by atoms with Gasteiger partial charge in [0.05, 0.1) is 0 Å². The summed E-state index contributed by atoms with van der Waals surface area (Å²) in [4.78, 5) is 32.0. The molecule has 0 saturated heterocycles. The van der Waals surface area contributed by atoms with Crippen molar-refractivity contribution in [1.82, 2.24) is 0 Å². The highest BCUT2D eigenvalue weighted by Gasteiger charge is 2.08. The molecule has 0 heterocycles.